The average Bonchev–Trinajstić information content (AvgIpc) is 3.22. The van der Waals surface area contributed by atoms with Crippen LogP contribution in [0.25, 0.3) is 11.2 Å². The van der Waals surface area contributed by atoms with Crippen LogP contribution in [0.4, 0.5) is 32.3 Å². The fraction of sp³-hybridized carbons (Fsp3) is 0.550. The van der Waals surface area contributed by atoms with Crippen LogP contribution in [0, 0.1) is 0 Å². The molecule has 2 aromatic rings. The van der Waals surface area contributed by atoms with Crippen LogP contribution in [0.5, 0.6) is 0 Å². The molecule has 1 aliphatic rings. The number of alkyl halides is 6. The third-order valence-electron chi connectivity index (χ3n) is 4.90. The monoisotopic (exact) mass is 591 g/mol. The molecule has 0 bridgehead atoms. The van der Waals surface area contributed by atoms with Crippen molar-refractivity contribution in [2.75, 3.05) is 39.0 Å². The third-order valence-corrected chi connectivity index (χ3v) is 7.69. The van der Waals surface area contributed by atoms with Crippen molar-refractivity contribution in [3.8, 4) is 0 Å². The zero-order chi connectivity index (χ0) is 28.2. The molecule has 10 nitrogen and oxygen atoms in total. The zero-order valence-electron chi connectivity index (χ0n) is 20.1. The molecule has 0 amide bonds. The number of hydrogen-bond donors (Lipinski definition) is 1. The fourth-order valence-electron chi connectivity index (χ4n) is 3.11. The van der Waals surface area contributed by atoms with Crippen LogP contribution in [-0.2, 0) is 29.6 Å². The van der Waals surface area contributed by atoms with Gasteiger partial charge in [0.1, 0.15) is 22.6 Å². The summed E-state index contributed by atoms with van der Waals surface area (Å²) in [5.74, 6) is 0.696. The number of halogens is 6. The zero-order valence-corrected chi connectivity index (χ0v) is 21.8. The standard InChI is InChI=1S/C20H24F6N5O5PS/c1-18(5-3-13(33-2)4-6-18)38-16-14-15(29-17(27)30-16)31(11-28-14)7-8-34-12-37(32,35-9-19(21,22)23)36-10-20(24,25)26/h3-5,11H,6-10,12H2,1-2H3,(H2,27,29,30). The van der Waals surface area contributed by atoms with Gasteiger partial charge < -0.3 is 19.8 Å². The highest BCUT2D eigenvalue weighted by Gasteiger charge is 2.38. The van der Waals surface area contributed by atoms with Gasteiger partial charge in [0.25, 0.3) is 0 Å². The maximum absolute atomic E-state index is 12.4. The molecular weight excluding hydrogens is 567 g/mol. The van der Waals surface area contributed by atoms with Gasteiger partial charge in [-0.05, 0) is 25.5 Å². The number of rotatable bonds is 12. The topological polar surface area (TPSA) is 124 Å². The van der Waals surface area contributed by atoms with Crippen molar-refractivity contribution < 1.29 is 49.4 Å². The first-order valence-corrected chi connectivity index (χ1v) is 13.3. The first-order chi connectivity index (χ1) is 17.6. The Morgan fingerprint density at radius 3 is 2.37 bits per heavy atom. The van der Waals surface area contributed by atoms with Gasteiger partial charge in [-0.15, -0.1) is 0 Å². The summed E-state index contributed by atoms with van der Waals surface area (Å²) in [6.07, 6.45) is -3.23. The molecule has 1 atom stereocenters. The molecule has 0 aliphatic heterocycles. The number of fused-ring (bicyclic) bond motifs is 1. The Labute approximate surface area is 217 Å². The van der Waals surface area contributed by atoms with Crippen molar-refractivity contribution >= 4 is 36.5 Å². The highest BCUT2D eigenvalue weighted by Crippen LogP contribution is 2.50. The van der Waals surface area contributed by atoms with E-state index in [-0.39, 0.29) is 23.8 Å². The predicted molar refractivity (Wildman–Crippen MR) is 125 cm³/mol. The second-order valence-corrected chi connectivity index (χ2v) is 11.7. The van der Waals surface area contributed by atoms with E-state index in [4.69, 9.17) is 15.2 Å². The number of hydrogen-bond acceptors (Lipinski definition) is 10. The van der Waals surface area contributed by atoms with E-state index < -0.39 is 39.5 Å². The van der Waals surface area contributed by atoms with E-state index in [9.17, 15) is 30.9 Å². The second kappa shape index (κ2) is 11.8. The molecule has 1 aliphatic carbocycles. The second-order valence-electron chi connectivity index (χ2n) is 8.19. The molecule has 38 heavy (non-hydrogen) atoms. The number of nitrogens with zero attached hydrogens (tertiary/aromatic N) is 4. The fourth-order valence-corrected chi connectivity index (χ4v) is 5.50. The summed E-state index contributed by atoms with van der Waals surface area (Å²) in [5.41, 5.74) is 6.63. The molecule has 0 aromatic carbocycles. The number of methoxy groups -OCH3 is 1. The minimum Gasteiger partial charge on any atom is -0.497 e. The molecule has 0 spiro atoms. The van der Waals surface area contributed by atoms with Gasteiger partial charge in [-0.2, -0.15) is 31.3 Å². The molecule has 0 fully saturated rings. The summed E-state index contributed by atoms with van der Waals surface area (Å²) >= 11 is 1.40. The lowest BCUT2D eigenvalue weighted by Crippen LogP contribution is -2.21. The van der Waals surface area contributed by atoms with Crippen LogP contribution < -0.4 is 5.73 Å². The summed E-state index contributed by atoms with van der Waals surface area (Å²) in [4.78, 5) is 12.8. The number of nitrogens with two attached hydrogens (primary N) is 1. The number of nitrogen functional groups attached to an aromatic ring is 1. The summed E-state index contributed by atoms with van der Waals surface area (Å²) < 4.78 is 107. The third kappa shape index (κ3) is 8.86. The van der Waals surface area contributed by atoms with Crippen molar-refractivity contribution in [2.45, 2.75) is 42.0 Å². The normalized spacial score (nSPS) is 18.7. The van der Waals surface area contributed by atoms with Gasteiger partial charge in [-0.1, -0.05) is 17.8 Å². The summed E-state index contributed by atoms with van der Waals surface area (Å²) in [5, 5.41) is 0.499. The van der Waals surface area contributed by atoms with E-state index in [1.54, 1.807) is 7.11 Å². The van der Waals surface area contributed by atoms with Gasteiger partial charge in [-0.3, -0.25) is 13.6 Å². The Hall–Kier alpha value is -2.33. The molecule has 3 rings (SSSR count). The SMILES string of the molecule is COC1=CCC(C)(Sc2nc(N)nc3c2ncn3CCOCP(=O)(OCC(F)(F)F)OCC(F)(F)F)C=C1. The van der Waals surface area contributed by atoms with E-state index in [1.807, 2.05) is 25.2 Å². The van der Waals surface area contributed by atoms with E-state index in [0.29, 0.717) is 22.6 Å². The average molecular weight is 591 g/mol. The Morgan fingerprint density at radius 2 is 1.82 bits per heavy atom. The highest BCUT2D eigenvalue weighted by molar-refractivity contribution is 8.01. The van der Waals surface area contributed by atoms with Gasteiger partial charge in [-0.25, -0.2) is 9.97 Å². The van der Waals surface area contributed by atoms with Crippen molar-refractivity contribution in [1.82, 2.24) is 19.5 Å². The maximum Gasteiger partial charge on any atom is 0.412 e. The highest BCUT2D eigenvalue weighted by atomic mass is 32.2. The van der Waals surface area contributed by atoms with E-state index in [1.165, 1.54) is 22.7 Å². The van der Waals surface area contributed by atoms with Gasteiger partial charge in [0, 0.05) is 11.3 Å². The van der Waals surface area contributed by atoms with E-state index >= 15 is 0 Å². The van der Waals surface area contributed by atoms with Crippen molar-refractivity contribution in [3.05, 3.63) is 30.3 Å². The number of thioether (sulfide) groups is 1. The van der Waals surface area contributed by atoms with Crippen LogP contribution in [0.15, 0.2) is 35.3 Å². The summed E-state index contributed by atoms with van der Waals surface area (Å²) in [7, 11) is -3.30. The number of ether oxygens (including phenoxy) is 2. The first kappa shape index (κ1) is 30.2. The quantitative estimate of drug-likeness (QED) is 0.155. The van der Waals surface area contributed by atoms with Gasteiger partial charge in [0.2, 0.25) is 5.95 Å². The minimum absolute atomic E-state index is 0.00723. The van der Waals surface area contributed by atoms with Crippen LogP contribution >= 0.6 is 19.4 Å². The Morgan fingerprint density at radius 1 is 1.16 bits per heavy atom. The lowest BCUT2D eigenvalue weighted by molar-refractivity contribution is -0.166. The van der Waals surface area contributed by atoms with Gasteiger partial charge >= 0.3 is 19.9 Å². The summed E-state index contributed by atoms with van der Waals surface area (Å²) in [6.45, 7) is -2.44. The number of imidazole rings is 1. The summed E-state index contributed by atoms with van der Waals surface area (Å²) in [6, 6.07) is 0. The molecular formula is C20H24F6N5O5PS. The number of aromatic nitrogens is 4. The number of anilines is 1. The van der Waals surface area contributed by atoms with Crippen LogP contribution in [0.1, 0.15) is 13.3 Å². The molecule has 2 heterocycles. The maximum atomic E-state index is 12.4. The number of allylic oxidation sites excluding steroid dienone is 2. The molecule has 212 valence electrons. The lowest BCUT2D eigenvalue weighted by atomic mass is 10.0. The predicted octanol–water partition coefficient (Wildman–Crippen LogP) is 5.07. The van der Waals surface area contributed by atoms with Gasteiger partial charge in [0.15, 0.2) is 18.9 Å². The molecule has 18 heteroatoms. The Balaban J connectivity index is 1.66. The van der Waals surface area contributed by atoms with Crippen LogP contribution in [0.3, 0.4) is 0 Å². The van der Waals surface area contributed by atoms with Crippen LogP contribution in [0.2, 0.25) is 0 Å². The van der Waals surface area contributed by atoms with E-state index in [0.717, 1.165) is 5.76 Å². The van der Waals surface area contributed by atoms with Crippen molar-refractivity contribution in [2.24, 2.45) is 0 Å². The van der Waals surface area contributed by atoms with Gasteiger partial charge in [0.05, 0.1) is 20.0 Å². The largest absolute Gasteiger partial charge is 0.497 e. The minimum atomic E-state index is -4.94. The Kier molecular flexibility index (Phi) is 9.40. The smallest absolute Gasteiger partial charge is 0.412 e. The molecule has 0 radical (unpaired) electrons. The van der Waals surface area contributed by atoms with Crippen molar-refractivity contribution in [3.63, 3.8) is 0 Å². The molecule has 0 saturated heterocycles. The Bertz CT molecular complexity index is 1220. The molecule has 2 aromatic heterocycles. The van der Waals surface area contributed by atoms with Crippen LogP contribution in [-0.4, -0.2) is 69.9 Å². The van der Waals surface area contributed by atoms with E-state index in [2.05, 4.69) is 24.0 Å². The first-order valence-electron chi connectivity index (χ1n) is 10.8. The molecule has 2 N–H and O–H groups in total. The molecule has 1 unspecified atom stereocenters. The molecule has 0 saturated carbocycles. The van der Waals surface area contributed by atoms with Crippen molar-refractivity contribution in [1.29, 1.82) is 0 Å². The lowest BCUT2D eigenvalue weighted by Gasteiger charge is -2.26.